The zero-order valence-electron chi connectivity index (χ0n) is 8.12. The Morgan fingerprint density at radius 2 is 2.15 bits per heavy atom. The summed E-state index contributed by atoms with van der Waals surface area (Å²) in [7, 11) is 0. The fraction of sp³-hybridized carbons (Fsp3) is 0.778. The lowest BCUT2D eigenvalue weighted by atomic mass is 10.0. The van der Waals surface area contributed by atoms with Crippen LogP contribution in [0.2, 0.25) is 0 Å². The van der Waals surface area contributed by atoms with Crippen LogP contribution in [-0.4, -0.2) is 29.3 Å². The van der Waals surface area contributed by atoms with Gasteiger partial charge in [0.2, 0.25) is 11.8 Å². The van der Waals surface area contributed by atoms with Crippen molar-refractivity contribution in [3.05, 3.63) is 0 Å². The summed E-state index contributed by atoms with van der Waals surface area (Å²) in [6.07, 6.45) is 1.39. The van der Waals surface area contributed by atoms with Gasteiger partial charge >= 0.3 is 0 Å². The number of carbonyl (C=O) groups is 2. The van der Waals surface area contributed by atoms with Gasteiger partial charge in [0.15, 0.2) is 0 Å². The molecule has 1 fully saturated rings. The number of nitrogens with zero attached hydrogens (tertiary/aromatic N) is 1. The molecule has 0 aromatic carbocycles. The molecular formula is C9H16N2O2. The van der Waals surface area contributed by atoms with Crippen molar-refractivity contribution >= 4 is 11.8 Å². The third-order valence-electron chi connectivity index (χ3n) is 2.37. The molecule has 13 heavy (non-hydrogen) atoms. The van der Waals surface area contributed by atoms with Gasteiger partial charge in [-0.25, -0.2) is 0 Å². The molecular weight excluding hydrogens is 168 g/mol. The summed E-state index contributed by atoms with van der Waals surface area (Å²) < 4.78 is 0. The molecule has 0 aromatic rings. The number of likely N-dealkylation sites (tertiary alicyclic amines) is 1. The summed E-state index contributed by atoms with van der Waals surface area (Å²) in [6, 6.07) is -0.421. The minimum Gasteiger partial charge on any atom is -0.368 e. The van der Waals surface area contributed by atoms with Gasteiger partial charge in [-0.15, -0.1) is 0 Å². The van der Waals surface area contributed by atoms with Crippen molar-refractivity contribution in [2.24, 2.45) is 11.7 Å². The fourth-order valence-electron chi connectivity index (χ4n) is 1.81. The Morgan fingerprint density at radius 1 is 1.54 bits per heavy atom. The van der Waals surface area contributed by atoms with Gasteiger partial charge in [0.1, 0.15) is 6.04 Å². The van der Waals surface area contributed by atoms with E-state index in [0.29, 0.717) is 13.0 Å². The largest absolute Gasteiger partial charge is 0.368 e. The van der Waals surface area contributed by atoms with Crippen LogP contribution in [-0.2, 0) is 9.59 Å². The van der Waals surface area contributed by atoms with E-state index in [2.05, 4.69) is 0 Å². The maximum Gasteiger partial charge on any atom is 0.240 e. The minimum atomic E-state index is -0.421. The van der Waals surface area contributed by atoms with Gasteiger partial charge in [0.05, 0.1) is 0 Å². The van der Waals surface area contributed by atoms with Crippen LogP contribution in [0.25, 0.3) is 0 Å². The lowest BCUT2D eigenvalue weighted by molar-refractivity contribution is -0.137. The molecule has 0 saturated carbocycles. The number of carbonyl (C=O) groups excluding carboxylic acids is 2. The first kappa shape index (κ1) is 10.0. The molecule has 2 N–H and O–H groups in total. The van der Waals surface area contributed by atoms with Crippen molar-refractivity contribution in [2.45, 2.75) is 32.7 Å². The average molecular weight is 184 g/mol. The number of primary amides is 1. The minimum absolute atomic E-state index is 0.0532. The summed E-state index contributed by atoms with van der Waals surface area (Å²) >= 11 is 0. The average Bonchev–Trinajstić information content (AvgIpc) is 2.35. The van der Waals surface area contributed by atoms with Crippen LogP contribution in [0.3, 0.4) is 0 Å². The molecule has 0 spiro atoms. The zero-order chi connectivity index (χ0) is 10.0. The quantitative estimate of drug-likeness (QED) is 0.677. The highest BCUT2D eigenvalue weighted by Gasteiger charge is 2.33. The molecule has 1 heterocycles. The van der Waals surface area contributed by atoms with Crippen molar-refractivity contribution in [3.63, 3.8) is 0 Å². The van der Waals surface area contributed by atoms with Crippen molar-refractivity contribution in [2.75, 3.05) is 6.54 Å². The molecule has 1 atom stereocenters. The number of hydrogen-bond acceptors (Lipinski definition) is 2. The molecule has 1 aliphatic heterocycles. The molecule has 1 aliphatic rings. The molecule has 4 heteroatoms. The Hall–Kier alpha value is -1.06. The predicted octanol–water partition coefficient (Wildman–Crippen LogP) is 0.119. The number of rotatable bonds is 3. The summed E-state index contributed by atoms with van der Waals surface area (Å²) in [5.74, 6) is -0.248. The second-order valence-corrected chi connectivity index (χ2v) is 3.78. The Kier molecular flexibility index (Phi) is 2.90. The molecule has 0 radical (unpaired) electrons. The van der Waals surface area contributed by atoms with E-state index < -0.39 is 11.9 Å². The van der Waals surface area contributed by atoms with Crippen molar-refractivity contribution < 1.29 is 9.59 Å². The van der Waals surface area contributed by atoms with Crippen LogP contribution in [0.5, 0.6) is 0 Å². The van der Waals surface area contributed by atoms with E-state index in [4.69, 9.17) is 5.73 Å². The Labute approximate surface area is 78.1 Å². The number of hydrogen-bond donors (Lipinski definition) is 1. The lowest BCUT2D eigenvalue weighted by Crippen LogP contribution is -2.48. The normalized spacial score (nSPS) is 19.6. The molecule has 0 bridgehead atoms. The van der Waals surface area contributed by atoms with Crippen LogP contribution < -0.4 is 5.73 Å². The van der Waals surface area contributed by atoms with E-state index in [9.17, 15) is 9.59 Å². The molecule has 0 aliphatic carbocycles. The second-order valence-electron chi connectivity index (χ2n) is 3.78. The maximum atomic E-state index is 11.3. The Balaban J connectivity index is 2.75. The summed E-state index contributed by atoms with van der Waals surface area (Å²) in [4.78, 5) is 24.0. The number of nitrogens with two attached hydrogens (primary N) is 1. The van der Waals surface area contributed by atoms with Gasteiger partial charge < -0.3 is 10.6 Å². The lowest BCUT2D eigenvalue weighted by Gasteiger charge is -2.27. The van der Waals surface area contributed by atoms with Crippen LogP contribution in [0.4, 0.5) is 0 Å². The summed E-state index contributed by atoms with van der Waals surface area (Å²) in [5, 5.41) is 0. The van der Waals surface area contributed by atoms with Crippen LogP contribution in [0.1, 0.15) is 26.7 Å². The van der Waals surface area contributed by atoms with E-state index in [1.54, 1.807) is 4.90 Å². The van der Waals surface area contributed by atoms with Gasteiger partial charge in [-0.3, -0.25) is 9.59 Å². The van der Waals surface area contributed by atoms with E-state index >= 15 is 0 Å². The van der Waals surface area contributed by atoms with Gasteiger partial charge in [0, 0.05) is 13.0 Å². The van der Waals surface area contributed by atoms with Crippen LogP contribution >= 0.6 is 0 Å². The van der Waals surface area contributed by atoms with Crippen LogP contribution in [0.15, 0.2) is 0 Å². The standard InChI is InChI=1S/C9H16N2O2/c1-6(2)8(9(10)13)11-5-3-4-7(11)12/h6,8H,3-5H2,1-2H3,(H2,10,13)/t8-/m1/s1. The first-order chi connectivity index (χ1) is 6.04. The molecule has 1 rings (SSSR count). The predicted molar refractivity (Wildman–Crippen MR) is 48.8 cm³/mol. The smallest absolute Gasteiger partial charge is 0.240 e. The van der Waals surface area contributed by atoms with Gasteiger partial charge in [-0.05, 0) is 12.3 Å². The van der Waals surface area contributed by atoms with Gasteiger partial charge in [-0.2, -0.15) is 0 Å². The highest BCUT2D eigenvalue weighted by Crippen LogP contribution is 2.18. The van der Waals surface area contributed by atoms with Crippen molar-refractivity contribution in [1.82, 2.24) is 4.90 Å². The fourth-order valence-corrected chi connectivity index (χ4v) is 1.81. The van der Waals surface area contributed by atoms with E-state index in [-0.39, 0.29) is 11.8 Å². The van der Waals surface area contributed by atoms with E-state index in [1.807, 2.05) is 13.8 Å². The monoisotopic (exact) mass is 184 g/mol. The highest BCUT2D eigenvalue weighted by atomic mass is 16.2. The molecule has 2 amide bonds. The Bertz CT molecular complexity index is 226. The van der Waals surface area contributed by atoms with Crippen molar-refractivity contribution in [3.8, 4) is 0 Å². The van der Waals surface area contributed by atoms with E-state index in [0.717, 1.165) is 6.42 Å². The highest BCUT2D eigenvalue weighted by molar-refractivity contribution is 5.87. The third kappa shape index (κ3) is 1.99. The topological polar surface area (TPSA) is 63.4 Å². The zero-order valence-corrected chi connectivity index (χ0v) is 8.12. The summed E-state index contributed by atoms with van der Waals surface area (Å²) in [6.45, 7) is 4.48. The molecule has 0 aromatic heterocycles. The molecule has 0 unspecified atom stereocenters. The molecule has 1 saturated heterocycles. The maximum absolute atomic E-state index is 11.3. The molecule has 74 valence electrons. The molecule has 4 nitrogen and oxygen atoms in total. The van der Waals surface area contributed by atoms with Crippen LogP contribution in [0, 0.1) is 5.92 Å². The third-order valence-corrected chi connectivity index (χ3v) is 2.37. The van der Waals surface area contributed by atoms with E-state index in [1.165, 1.54) is 0 Å². The van der Waals surface area contributed by atoms with Crippen molar-refractivity contribution in [1.29, 1.82) is 0 Å². The Morgan fingerprint density at radius 3 is 2.46 bits per heavy atom. The first-order valence-electron chi connectivity index (χ1n) is 4.63. The number of amides is 2. The first-order valence-corrected chi connectivity index (χ1v) is 4.63. The van der Waals surface area contributed by atoms with Gasteiger partial charge in [-0.1, -0.05) is 13.8 Å². The van der Waals surface area contributed by atoms with Gasteiger partial charge in [0.25, 0.3) is 0 Å². The second kappa shape index (κ2) is 3.77. The summed E-state index contributed by atoms with van der Waals surface area (Å²) in [5.41, 5.74) is 5.25. The SMILES string of the molecule is CC(C)[C@H](C(N)=O)N1CCCC1=O.